The van der Waals surface area contributed by atoms with Crippen molar-refractivity contribution in [2.45, 2.75) is 93.2 Å². The lowest BCUT2D eigenvalue weighted by atomic mass is 10.00. The second kappa shape index (κ2) is 12.9. The summed E-state index contributed by atoms with van der Waals surface area (Å²) in [6.07, 6.45) is 10.0. The number of hydrogen-bond acceptors (Lipinski definition) is 4. The second-order valence-electron chi connectivity index (χ2n) is 13.4. The Morgan fingerprint density at radius 2 is 0.818 bits per heavy atom. The summed E-state index contributed by atoms with van der Waals surface area (Å²) < 4.78 is 2.76. The minimum Gasteiger partial charge on any atom is -0.274 e. The molecule has 0 bridgehead atoms. The van der Waals surface area contributed by atoms with Gasteiger partial charge in [0.05, 0.1) is 21.5 Å². The van der Waals surface area contributed by atoms with Crippen LogP contribution in [0.3, 0.4) is 0 Å². The lowest BCUT2D eigenvalue weighted by molar-refractivity contribution is 0.448. The smallest absolute Gasteiger partial charge is 0.261 e. The highest BCUT2D eigenvalue weighted by Crippen LogP contribution is 2.28. The van der Waals surface area contributed by atoms with Crippen LogP contribution in [0.1, 0.15) is 80.1 Å². The van der Waals surface area contributed by atoms with Crippen molar-refractivity contribution >= 4 is 43.1 Å². The van der Waals surface area contributed by atoms with Crippen LogP contribution in [0.2, 0.25) is 0 Å². The molecule has 6 heteroatoms. The first-order valence-electron chi connectivity index (χ1n) is 16.0. The molecule has 5 aromatic rings. The van der Waals surface area contributed by atoms with E-state index in [1.54, 1.807) is 24.3 Å². The van der Waals surface area contributed by atoms with Gasteiger partial charge in [-0.25, -0.2) is 0 Å². The molecule has 0 spiro atoms. The monoisotopic (exact) mass is 592 g/mol. The minimum atomic E-state index is -0.246. The summed E-state index contributed by atoms with van der Waals surface area (Å²) in [5, 5.41) is 5.02. The third-order valence-electron chi connectivity index (χ3n) is 9.09. The van der Waals surface area contributed by atoms with Crippen LogP contribution in [0.5, 0.6) is 0 Å². The van der Waals surface area contributed by atoms with Crippen LogP contribution >= 0.6 is 0 Å². The van der Waals surface area contributed by atoms with Crippen molar-refractivity contribution in [3.8, 4) is 0 Å². The molecule has 3 aromatic carbocycles. The average Bonchev–Trinajstić information content (AvgIpc) is 3.33. The summed E-state index contributed by atoms with van der Waals surface area (Å²) >= 11 is 0. The molecule has 230 valence electrons. The Morgan fingerprint density at radius 1 is 0.523 bits per heavy atom. The van der Waals surface area contributed by atoms with Crippen molar-refractivity contribution in [1.82, 2.24) is 9.13 Å². The largest absolute Gasteiger partial charge is 0.274 e. The maximum atomic E-state index is 13.3. The Bertz CT molecular complexity index is 1860. The molecule has 2 atom stereocenters. The summed E-state index contributed by atoms with van der Waals surface area (Å²) in [6.45, 7) is 13.5. The molecule has 0 fully saturated rings. The van der Waals surface area contributed by atoms with E-state index in [0.29, 0.717) is 46.5 Å². The number of nitrogens with zero attached hydrogens (tertiary/aromatic N) is 2. The van der Waals surface area contributed by atoms with E-state index in [1.165, 1.54) is 20.3 Å². The number of allylic oxidation sites excluding steroid dienone is 4. The first kappa shape index (κ1) is 31.4. The van der Waals surface area contributed by atoms with E-state index in [-0.39, 0.29) is 22.2 Å². The van der Waals surface area contributed by atoms with Gasteiger partial charge in [0, 0.05) is 13.1 Å². The highest BCUT2D eigenvalue weighted by molar-refractivity contribution is 6.08. The number of benzene rings is 3. The van der Waals surface area contributed by atoms with Gasteiger partial charge in [-0.15, -0.1) is 0 Å². The van der Waals surface area contributed by atoms with E-state index >= 15 is 0 Å². The molecular weight excluding hydrogens is 548 g/mol. The third-order valence-corrected chi connectivity index (χ3v) is 9.09. The lowest BCUT2D eigenvalue weighted by Crippen LogP contribution is -2.26. The fraction of sp³-hybridized carbons (Fsp3) is 0.421. The Labute approximate surface area is 258 Å². The van der Waals surface area contributed by atoms with Crippen molar-refractivity contribution in [3.63, 3.8) is 0 Å². The zero-order valence-electron chi connectivity index (χ0n) is 27.0. The molecule has 2 unspecified atom stereocenters. The molecule has 0 aliphatic rings. The van der Waals surface area contributed by atoms with Crippen molar-refractivity contribution in [2.75, 3.05) is 0 Å². The fourth-order valence-electron chi connectivity index (χ4n) is 6.28. The van der Waals surface area contributed by atoms with E-state index in [4.69, 9.17) is 0 Å². The Morgan fingerprint density at radius 3 is 1.09 bits per heavy atom. The van der Waals surface area contributed by atoms with Crippen LogP contribution < -0.4 is 22.2 Å². The van der Waals surface area contributed by atoms with E-state index < -0.39 is 0 Å². The van der Waals surface area contributed by atoms with Crippen molar-refractivity contribution in [1.29, 1.82) is 0 Å². The molecule has 44 heavy (non-hydrogen) atoms. The first-order valence-corrected chi connectivity index (χ1v) is 16.0. The molecule has 6 nitrogen and oxygen atoms in total. The van der Waals surface area contributed by atoms with Crippen molar-refractivity contribution in [3.05, 3.63) is 101 Å². The molecule has 0 amide bonds. The molecule has 5 rings (SSSR count). The van der Waals surface area contributed by atoms with Gasteiger partial charge in [-0.2, -0.15) is 0 Å². The zero-order valence-corrected chi connectivity index (χ0v) is 27.0. The molecule has 0 radical (unpaired) electrons. The van der Waals surface area contributed by atoms with Crippen LogP contribution in [0, 0.1) is 11.8 Å². The van der Waals surface area contributed by atoms with E-state index in [9.17, 15) is 19.2 Å². The normalized spacial score (nSPS) is 13.2. The topological polar surface area (TPSA) is 78.1 Å². The maximum Gasteiger partial charge on any atom is 0.261 e. The Hall–Kier alpha value is -4.06. The molecule has 0 saturated heterocycles. The SMILES string of the molecule is CC(C)=CCCC(C)CCn1c(=O)c2cc3cc4cc5c(=O)n(CCC(C)CCC=C(C)C)c(=O)c5cc4cc3cc2c1=O. The van der Waals surface area contributed by atoms with Gasteiger partial charge in [0.15, 0.2) is 0 Å². The van der Waals surface area contributed by atoms with Gasteiger partial charge in [-0.1, -0.05) is 37.1 Å². The molecule has 0 aliphatic heterocycles. The van der Waals surface area contributed by atoms with Crippen LogP contribution in [0.25, 0.3) is 43.1 Å². The van der Waals surface area contributed by atoms with Crippen molar-refractivity contribution < 1.29 is 0 Å². The summed E-state index contributed by atoms with van der Waals surface area (Å²) in [4.78, 5) is 53.2. The quantitative estimate of drug-likeness (QED) is 0.110. The van der Waals surface area contributed by atoms with Gasteiger partial charge < -0.3 is 0 Å². The highest BCUT2D eigenvalue weighted by Gasteiger charge is 2.18. The Balaban J connectivity index is 1.45. The molecule has 0 N–H and O–H groups in total. The van der Waals surface area contributed by atoms with E-state index in [1.807, 2.05) is 12.1 Å². The summed E-state index contributed by atoms with van der Waals surface area (Å²) in [6, 6.07) is 11.1. The summed E-state index contributed by atoms with van der Waals surface area (Å²) in [5.41, 5.74) is 1.61. The van der Waals surface area contributed by atoms with E-state index in [0.717, 1.165) is 60.1 Å². The fourth-order valence-corrected chi connectivity index (χ4v) is 6.28. The number of aromatic nitrogens is 2. The number of hydrogen-bond donors (Lipinski definition) is 0. The lowest BCUT2D eigenvalue weighted by Gasteiger charge is -2.09. The van der Waals surface area contributed by atoms with Gasteiger partial charge in [-0.05, 0) is 136 Å². The predicted molar refractivity (Wildman–Crippen MR) is 185 cm³/mol. The average molecular weight is 593 g/mol. The van der Waals surface area contributed by atoms with Crippen LogP contribution in [0.15, 0.2) is 78.9 Å². The highest BCUT2D eigenvalue weighted by atomic mass is 16.2. The van der Waals surface area contributed by atoms with E-state index in [2.05, 4.69) is 53.7 Å². The zero-order chi connectivity index (χ0) is 31.7. The summed E-state index contributed by atoms with van der Waals surface area (Å²) in [5.74, 6) is 0.803. The van der Waals surface area contributed by atoms with Crippen LogP contribution in [-0.4, -0.2) is 9.13 Å². The van der Waals surface area contributed by atoms with Gasteiger partial charge in [0.1, 0.15) is 0 Å². The minimum absolute atomic E-state index is 0.246. The van der Waals surface area contributed by atoms with Gasteiger partial charge in [0.2, 0.25) is 0 Å². The maximum absolute atomic E-state index is 13.3. The number of rotatable bonds is 12. The van der Waals surface area contributed by atoms with Gasteiger partial charge in [-0.3, -0.25) is 28.3 Å². The Kier molecular flexibility index (Phi) is 9.19. The van der Waals surface area contributed by atoms with Crippen LogP contribution in [0.4, 0.5) is 0 Å². The van der Waals surface area contributed by atoms with Crippen LogP contribution in [-0.2, 0) is 13.1 Å². The molecule has 0 aliphatic carbocycles. The second-order valence-corrected chi connectivity index (χ2v) is 13.4. The van der Waals surface area contributed by atoms with Gasteiger partial charge >= 0.3 is 0 Å². The number of fused-ring (bicyclic) bond motifs is 4. The van der Waals surface area contributed by atoms with Gasteiger partial charge in [0.25, 0.3) is 22.2 Å². The van der Waals surface area contributed by atoms with Crippen molar-refractivity contribution in [2.24, 2.45) is 11.8 Å². The molecular formula is C38H44N2O4. The molecule has 0 saturated carbocycles. The molecule has 2 heterocycles. The third kappa shape index (κ3) is 6.40. The summed E-state index contributed by atoms with van der Waals surface area (Å²) in [7, 11) is 0. The molecule has 2 aromatic heterocycles. The standard InChI is InChI=1S/C38H44N2O4/c1-23(2)9-7-11-25(5)13-15-39-35(41)31-19-27-17-29-21-33-34(22-30(29)18-28(27)20-32(31)36(39)42)38(44)40(37(33)43)16-14-26(6)12-8-10-24(3)4/h9-10,17-22,25-26H,7-8,11-16H2,1-6H3. The first-order chi connectivity index (χ1) is 20.9. The predicted octanol–water partition coefficient (Wildman–Crippen LogP) is 7.76.